The Labute approximate surface area is 275 Å². The number of hydrogen-bond acceptors (Lipinski definition) is 8. The van der Waals surface area contributed by atoms with Gasteiger partial charge in [-0.2, -0.15) is 5.26 Å². The fraction of sp³-hybridized carbons (Fsp3) is 0.382. The molecule has 6 rings (SSSR count). The van der Waals surface area contributed by atoms with Gasteiger partial charge in [-0.1, -0.05) is 11.6 Å². The molecule has 3 aromatic heterocycles. The minimum Gasteiger partial charge on any atom is -0.484 e. The molecule has 0 atom stereocenters. The molecule has 4 aromatic rings. The third-order valence-corrected chi connectivity index (χ3v) is 8.89. The van der Waals surface area contributed by atoms with Crippen LogP contribution in [0.3, 0.4) is 0 Å². The zero-order chi connectivity index (χ0) is 33.1. The first-order valence-electron chi connectivity index (χ1n) is 15.4. The number of hydrogen-bond donors (Lipinski definition) is 1. The number of aliphatic carboxylic acids is 1. The number of nitrogens with zero attached hydrogens (tertiary/aromatic N) is 6. The molecule has 1 aromatic carbocycles. The summed E-state index contributed by atoms with van der Waals surface area (Å²) < 4.78 is 42.2. The highest BCUT2D eigenvalue weighted by molar-refractivity contribution is 6.30. The van der Waals surface area contributed by atoms with Crippen LogP contribution in [-0.4, -0.2) is 54.7 Å². The van der Waals surface area contributed by atoms with Gasteiger partial charge < -0.3 is 19.1 Å². The van der Waals surface area contributed by atoms with E-state index in [0.717, 1.165) is 49.4 Å². The van der Waals surface area contributed by atoms with Gasteiger partial charge in [0.25, 0.3) is 0 Å². The first kappa shape index (κ1) is 32.3. The topological polar surface area (TPSA) is 126 Å². The molecule has 13 heteroatoms. The summed E-state index contributed by atoms with van der Waals surface area (Å²) in [6.45, 7) is 4.08. The summed E-state index contributed by atoms with van der Waals surface area (Å²) in [6, 6.07) is 12.7. The second kappa shape index (κ2) is 13.6. The predicted molar refractivity (Wildman–Crippen MR) is 170 cm³/mol. The van der Waals surface area contributed by atoms with Crippen molar-refractivity contribution in [3.8, 4) is 17.7 Å². The van der Waals surface area contributed by atoms with E-state index in [1.54, 1.807) is 13.0 Å². The number of halogens is 3. The Morgan fingerprint density at radius 3 is 2.62 bits per heavy atom. The Bertz CT molecular complexity index is 1880. The lowest BCUT2D eigenvalue weighted by atomic mass is 10.0. The van der Waals surface area contributed by atoms with Crippen LogP contribution in [0.4, 0.5) is 8.78 Å². The summed E-state index contributed by atoms with van der Waals surface area (Å²) >= 11 is 5.79. The molecule has 1 saturated heterocycles. The van der Waals surface area contributed by atoms with E-state index < -0.39 is 17.6 Å². The van der Waals surface area contributed by atoms with Gasteiger partial charge in [-0.25, -0.2) is 28.5 Å². The van der Waals surface area contributed by atoms with Crippen molar-refractivity contribution < 1.29 is 28.2 Å². The molecule has 4 heterocycles. The highest BCUT2D eigenvalue weighted by Crippen LogP contribution is 2.50. The van der Waals surface area contributed by atoms with E-state index in [-0.39, 0.29) is 40.5 Å². The highest BCUT2D eigenvalue weighted by atomic mass is 35.5. The van der Waals surface area contributed by atoms with Crippen LogP contribution < -0.4 is 9.47 Å². The fourth-order valence-corrected chi connectivity index (χ4v) is 5.97. The van der Waals surface area contributed by atoms with Crippen molar-refractivity contribution in [2.75, 3.05) is 13.1 Å². The number of carboxylic acids is 1. The maximum Gasteiger partial charge on any atom is 0.328 e. The molecule has 1 aliphatic carbocycles. The largest absolute Gasteiger partial charge is 0.484 e. The third kappa shape index (κ3) is 7.69. The minimum atomic E-state index is -1.03. The van der Waals surface area contributed by atoms with Crippen molar-refractivity contribution in [2.24, 2.45) is 5.41 Å². The molecule has 0 radical (unpaired) electrons. The number of imidazole rings is 1. The van der Waals surface area contributed by atoms with Crippen molar-refractivity contribution in [2.45, 2.75) is 64.8 Å². The van der Waals surface area contributed by atoms with Crippen LogP contribution in [0, 0.1) is 28.4 Å². The van der Waals surface area contributed by atoms with Gasteiger partial charge in [0.1, 0.15) is 35.6 Å². The first-order chi connectivity index (χ1) is 22.6. The van der Waals surface area contributed by atoms with Crippen molar-refractivity contribution in [3.05, 3.63) is 82.4 Å². The molecule has 0 amide bonds. The van der Waals surface area contributed by atoms with Crippen LogP contribution in [0.5, 0.6) is 11.6 Å². The van der Waals surface area contributed by atoms with E-state index in [0.29, 0.717) is 49.3 Å². The van der Waals surface area contributed by atoms with Crippen LogP contribution in [0.15, 0.2) is 48.5 Å². The number of carboxylic acid groups (broad SMARTS) is 1. The summed E-state index contributed by atoms with van der Waals surface area (Å²) in [5, 5.41) is 18.9. The Hall–Kier alpha value is -4.60. The molecule has 0 spiro atoms. The number of ether oxygens (including phenoxy) is 2. The molecule has 2 aliphatic rings. The highest BCUT2D eigenvalue weighted by Gasteiger charge is 2.43. The number of pyridine rings is 2. The van der Waals surface area contributed by atoms with Crippen LogP contribution in [0.2, 0.25) is 5.02 Å². The average molecular weight is 663 g/mol. The van der Waals surface area contributed by atoms with Gasteiger partial charge in [-0.3, -0.25) is 4.90 Å². The normalized spacial score (nSPS) is 16.6. The Kier molecular flexibility index (Phi) is 9.38. The summed E-state index contributed by atoms with van der Waals surface area (Å²) in [7, 11) is 0. The van der Waals surface area contributed by atoms with Gasteiger partial charge >= 0.3 is 5.97 Å². The van der Waals surface area contributed by atoms with Gasteiger partial charge in [0, 0.05) is 48.6 Å². The molecule has 0 bridgehead atoms. The van der Waals surface area contributed by atoms with Crippen molar-refractivity contribution >= 4 is 34.3 Å². The van der Waals surface area contributed by atoms with E-state index in [1.165, 1.54) is 24.3 Å². The number of aromatic nitrogens is 4. The standard InChI is InChI=1S/C34H33ClF2N6O4/c1-21(16-32(44)45)26-4-5-27-33(41-26)43(20-34(10-11-34)12-13-38)30(39-27)18-42-14-8-23(9-15-42)47-31-7-3-24(36)28(40-31)19-46-29-6-2-22(35)17-25(29)37/h2-7,16-17,23H,8-12,14-15,18-20H2,1H3,(H,44,45)/b21-16+. The summed E-state index contributed by atoms with van der Waals surface area (Å²) in [4.78, 5) is 27.5. The van der Waals surface area contributed by atoms with Crippen molar-refractivity contribution in [1.29, 1.82) is 5.26 Å². The number of carbonyl (C=O) groups is 1. The molecule has 1 aliphatic heterocycles. The molecule has 1 N–H and O–H groups in total. The number of benzene rings is 1. The molecule has 0 unspecified atom stereocenters. The van der Waals surface area contributed by atoms with E-state index in [9.17, 15) is 23.9 Å². The van der Waals surface area contributed by atoms with Gasteiger partial charge in [0.05, 0.1) is 18.3 Å². The Morgan fingerprint density at radius 2 is 1.91 bits per heavy atom. The Morgan fingerprint density at radius 1 is 1.13 bits per heavy atom. The lowest BCUT2D eigenvalue weighted by Crippen LogP contribution is -2.38. The van der Waals surface area contributed by atoms with Crippen LogP contribution in [0.25, 0.3) is 16.7 Å². The number of piperidine rings is 1. The first-order valence-corrected chi connectivity index (χ1v) is 15.8. The lowest BCUT2D eigenvalue weighted by molar-refractivity contribution is -0.131. The zero-order valence-electron chi connectivity index (χ0n) is 25.8. The number of rotatable bonds is 12. The molecular weight excluding hydrogens is 630 g/mol. The Balaban J connectivity index is 1.12. The van der Waals surface area contributed by atoms with Crippen LogP contribution >= 0.6 is 11.6 Å². The smallest absolute Gasteiger partial charge is 0.328 e. The molecule has 47 heavy (non-hydrogen) atoms. The van der Waals surface area contributed by atoms with E-state index in [1.807, 2.05) is 6.07 Å². The van der Waals surface area contributed by atoms with Gasteiger partial charge in [-0.05, 0) is 74.6 Å². The van der Waals surface area contributed by atoms with Gasteiger partial charge in [0.2, 0.25) is 5.88 Å². The van der Waals surface area contributed by atoms with Crippen LogP contribution in [0.1, 0.15) is 56.2 Å². The minimum absolute atomic E-state index is 0.00318. The van der Waals surface area contributed by atoms with Crippen molar-refractivity contribution in [1.82, 2.24) is 24.4 Å². The second-order valence-corrected chi connectivity index (χ2v) is 12.6. The second-order valence-electron chi connectivity index (χ2n) is 12.2. The molecule has 1 saturated carbocycles. The molecule has 10 nitrogen and oxygen atoms in total. The van der Waals surface area contributed by atoms with E-state index >= 15 is 0 Å². The summed E-state index contributed by atoms with van der Waals surface area (Å²) in [5.74, 6) is -1.21. The number of nitriles is 1. The number of allylic oxidation sites excluding steroid dienone is 1. The molecular formula is C34H33ClF2N6O4. The third-order valence-electron chi connectivity index (χ3n) is 8.66. The summed E-state index contributed by atoms with van der Waals surface area (Å²) in [5.41, 5.74) is 2.41. The molecule has 244 valence electrons. The van der Waals surface area contributed by atoms with Gasteiger partial charge in [-0.15, -0.1) is 0 Å². The van der Waals surface area contributed by atoms with Crippen LogP contribution in [-0.2, 0) is 24.5 Å². The SMILES string of the molecule is C/C(=C\C(=O)O)c1ccc2nc(CN3CCC(Oc4ccc(F)c(COc5ccc(Cl)cc5F)n4)CC3)n(CC3(CC#N)CC3)c2n1. The maximum atomic E-state index is 14.5. The zero-order valence-corrected chi connectivity index (χ0v) is 26.5. The monoisotopic (exact) mass is 662 g/mol. The number of likely N-dealkylation sites (tertiary alicyclic amines) is 1. The quantitative estimate of drug-likeness (QED) is 0.168. The number of fused-ring (bicyclic) bond motifs is 1. The summed E-state index contributed by atoms with van der Waals surface area (Å²) in [6.07, 6.45) is 4.80. The van der Waals surface area contributed by atoms with Gasteiger partial charge in [0.15, 0.2) is 17.2 Å². The van der Waals surface area contributed by atoms with E-state index in [4.69, 9.17) is 31.0 Å². The fourth-order valence-electron chi connectivity index (χ4n) is 5.81. The van der Waals surface area contributed by atoms with E-state index in [2.05, 4.69) is 20.5 Å². The molecule has 2 fully saturated rings. The lowest BCUT2D eigenvalue weighted by Gasteiger charge is -2.32. The maximum absolute atomic E-state index is 14.5. The van der Waals surface area contributed by atoms with Crippen molar-refractivity contribution in [3.63, 3.8) is 0 Å². The predicted octanol–water partition coefficient (Wildman–Crippen LogP) is 6.56. The average Bonchev–Trinajstić information content (AvgIpc) is 3.72.